The van der Waals surface area contributed by atoms with Crippen molar-refractivity contribution in [3.05, 3.63) is 53.1 Å². The van der Waals surface area contributed by atoms with E-state index in [9.17, 15) is 9.59 Å². The molecule has 2 aromatic carbocycles. The van der Waals surface area contributed by atoms with E-state index in [0.717, 1.165) is 18.1 Å². The summed E-state index contributed by atoms with van der Waals surface area (Å²) in [6, 6.07) is 9.98. The van der Waals surface area contributed by atoms with Gasteiger partial charge in [-0.05, 0) is 36.4 Å². The predicted molar refractivity (Wildman–Crippen MR) is 81.1 cm³/mol. The van der Waals surface area contributed by atoms with Crippen molar-refractivity contribution in [1.82, 2.24) is 0 Å². The van der Waals surface area contributed by atoms with Crippen LogP contribution in [0.4, 0.5) is 0 Å². The van der Waals surface area contributed by atoms with Gasteiger partial charge in [-0.2, -0.15) is 0 Å². The second-order valence-electron chi connectivity index (χ2n) is 4.51. The minimum atomic E-state index is 0.184. The zero-order valence-electron chi connectivity index (χ0n) is 12.4. The molecule has 0 aromatic heterocycles. The summed E-state index contributed by atoms with van der Waals surface area (Å²) in [5.41, 5.74) is 1.75. The second kappa shape index (κ2) is 7.26. The van der Waals surface area contributed by atoms with Crippen LogP contribution in [-0.4, -0.2) is 26.8 Å². The molecule has 0 radical (unpaired) electrons. The molecule has 0 atom stereocenters. The molecule has 114 valence electrons. The summed E-state index contributed by atoms with van der Waals surface area (Å²) in [6.07, 6.45) is 1.50. The molecule has 0 aliphatic heterocycles. The Hall–Kier alpha value is -2.82. The van der Waals surface area contributed by atoms with E-state index < -0.39 is 0 Å². The maximum atomic E-state index is 10.9. The van der Waals surface area contributed by atoms with Crippen LogP contribution >= 0.6 is 0 Å². The molecule has 0 aliphatic rings. The number of ether oxygens (including phenoxy) is 3. The smallest absolute Gasteiger partial charge is 0.162 e. The van der Waals surface area contributed by atoms with Gasteiger partial charge in [0.25, 0.3) is 0 Å². The van der Waals surface area contributed by atoms with E-state index in [0.29, 0.717) is 28.4 Å². The number of hydrogen-bond donors (Lipinski definition) is 0. The summed E-state index contributed by atoms with van der Waals surface area (Å²) < 4.78 is 16.2. The minimum absolute atomic E-state index is 0.184. The molecule has 5 heteroatoms. The van der Waals surface area contributed by atoms with Crippen LogP contribution in [0.5, 0.6) is 17.2 Å². The number of aldehydes is 2. The Morgan fingerprint density at radius 2 is 1.41 bits per heavy atom. The standard InChI is InChI=1S/C17H16O5/c1-20-15-5-3-12(9-18)7-14(15)11-22-17-8-13(10-19)4-6-16(17)21-2/h3-10H,11H2,1-2H3. The average molecular weight is 300 g/mol. The zero-order chi connectivity index (χ0) is 15.9. The highest BCUT2D eigenvalue weighted by molar-refractivity contribution is 5.76. The van der Waals surface area contributed by atoms with Gasteiger partial charge >= 0.3 is 0 Å². The highest BCUT2D eigenvalue weighted by atomic mass is 16.5. The Labute approximate surface area is 128 Å². The van der Waals surface area contributed by atoms with Crippen LogP contribution in [0.3, 0.4) is 0 Å². The van der Waals surface area contributed by atoms with Gasteiger partial charge < -0.3 is 14.2 Å². The van der Waals surface area contributed by atoms with Gasteiger partial charge in [-0.25, -0.2) is 0 Å². The summed E-state index contributed by atoms with van der Waals surface area (Å²) in [6.45, 7) is 0.184. The van der Waals surface area contributed by atoms with Crippen LogP contribution in [0.1, 0.15) is 26.3 Å². The number of carbonyl (C=O) groups excluding carboxylic acids is 2. The van der Waals surface area contributed by atoms with Gasteiger partial charge in [-0.3, -0.25) is 9.59 Å². The maximum Gasteiger partial charge on any atom is 0.162 e. The molecule has 0 heterocycles. The normalized spacial score (nSPS) is 9.91. The van der Waals surface area contributed by atoms with E-state index in [4.69, 9.17) is 14.2 Å². The summed E-state index contributed by atoms with van der Waals surface area (Å²) in [5, 5.41) is 0. The Kier molecular flexibility index (Phi) is 5.14. The van der Waals surface area contributed by atoms with Crippen molar-refractivity contribution in [2.24, 2.45) is 0 Å². The van der Waals surface area contributed by atoms with Crippen LogP contribution in [0.25, 0.3) is 0 Å². The van der Waals surface area contributed by atoms with Crippen molar-refractivity contribution in [1.29, 1.82) is 0 Å². The van der Waals surface area contributed by atoms with Gasteiger partial charge in [-0.15, -0.1) is 0 Å². The van der Waals surface area contributed by atoms with Crippen LogP contribution < -0.4 is 14.2 Å². The predicted octanol–water partition coefficient (Wildman–Crippen LogP) is 2.91. The minimum Gasteiger partial charge on any atom is -0.496 e. The molecule has 0 fully saturated rings. The van der Waals surface area contributed by atoms with Crippen molar-refractivity contribution < 1.29 is 23.8 Å². The lowest BCUT2D eigenvalue weighted by molar-refractivity contribution is 0.111. The maximum absolute atomic E-state index is 10.9. The van der Waals surface area contributed by atoms with E-state index in [1.165, 1.54) is 7.11 Å². The van der Waals surface area contributed by atoms with E-state index >= 15 is 0 Å². The Morgan fingerprint density at radius 1 is 0.818 bits per heavy atom. The van der Waals surface area contributed by atoms with Crippen LogP contribution in [0, 0.1) is 0 Å². The molecule has 22 heavy (non-hydrogen) atoms. The first-order chi connectivity index (χ1) is 10.7. The third kappa shape index (κ3) is 3.44. The van der Waals surface area contributed by atoms with Gasteiger partial charge in [0.2, 0.25) is 0 Å². The Bertz CT molecular complexity index is 619. The Balaban J connectivity index is 2.26. The van der Waals surface area contributed by atoms with Crippen molar-refractivity contribution in [2.75, 3.05) is 14.2 Å². The fraction of sp³-hybridized carbons (Fsp3) is 0.176. The first-order valence-corrected chi connectivity index (χ1v) is 6.60. The fourth-order valence-electron chi connectivity index (χ4n) is 2.02. The molecule has 0 saturated heterocycles. The molecule has 0 amide bonds. The van der Waals surface area contributed by atoms with E-state index in [2.05, 4.69) is 0 Å². The molecule has 0 bridgehead atoms. The molecular formula is C17H16O5. The molecule has 2 rings (SSSR count). The monoisotopic (exact) mass is 300 g/mol. The topological polar surface area (TPSA) is 61.8 Å². The van der Waals surface area contributed by atoms with Crippen molar-refractivity contribution in [2.45, 2.75) is 6.61 Å². The number of rotatable bonds is 7. The first kappa shape index (κ1) is 15.6. The first-order valence-electron chi connectivity index (χ1n) is 6.60. The molecular weight excluding hydrogens is 284 g/mol. The lowest BCUT2D eigenvalue weighted by Crippen LogP contribution is -2.01. The number of hydrogen-bond acceptors (Lipinski definition) is 5. The molecule has 0 spiro atoms. The van der Waals surface area contributed by atoms with Gasteiger partial charge in [0.05, 0.1) is 14.2 Å². The van der Waals surface area contributed by atoms with Gasteiger partial charge in [0, 0.05) is 16.7 Å². The lowest BCUT2D eigenvalue weighted by Gasteiger charge is -2.13. The summed E-state index contributed by atoms with van der Waals surface area (Å²) in [7, 11) is 3.07. The molecule has 0 N–H and O–H groups in total. The van der Waals surface area contributed by atoms with E-state index in [-0.39, 0.29) is 6.61 Å². The average Bonchev–Trinajstić information content (AvgIpc) is 2.59. The van der Waals surface area contributed by atoms with Gasteiger partial charge in [-0.1, -0.05) is 0 Å². The van der Waals surface area contributed by atoms with Crippen molar-refractivity contribution >= 4 is 12.6 Å². The van der Waals surface area contributed by atoms with Crippen molar-refractivity contribution in [3.8, 4) is 17.2 Å². The lowest BCUT2D eigenvalue weighted by atomic mass is 10.1. The van der Waals surface area contributed by atoms with Gasteiger partial charge in [0.1, 0.15) is 24.9 Å². The third-order valence-electron chi connectivity index (χ3n) is 3.15. The SMILES string of the molecule is COc1ccc(C=O)cc1COc1cc(C=O)ccc1OC. The van der Waals surface area contributed by atoms with Crippen molar-refractivity contribution in [3.63, 3.8) is 0 Å². The van der Waals surface area contributed by atoms with Crippen LogP contribution in [0.15, 0.2) is 36.4 Å². The highest BCUT2D eigenvalue weighted by Gasteiger charge is 2.09. The second-order valence-corrected chi connectivity index (χ2v) is 4.51. The Morgan fingerprint density at radius 3 is 2.00 bits per heavy atom. The molecule has 0 aliphatic carbocycles. The molecule has 0 saturated carbocycles. The largest absolute Gasteiger partial charge is 0.496 e. The number of carbonyl (C=O) groups is 2. The van der Waals surface area contributed by atoms with Crippen LogP contribution in [0.2, 0.25) is 0 Å². The molecule has 5 nitrogen and oxygen atoms in total. The van der Waals surface area contributed by atoms with E-state index in [1.54, 1.807) is 43.5 Å². The quantitative estimate of drug-likeness (QED) is 0.736. The summed E-state index contributed by atoms with van der Waals surface area (Å²) >= 11 is 0. The fourth-order valence-corrected chi connectivity index (χ4v) is 2.02. The zero-order valence-corrected chi connectivity index (χ0v) is 12.4. The number of methoxy groups -OCH3 is 2. The molecule has 2 aromatic rings. The third-order valence-corrected chi connectivity index (χ3v) is 3.15. The summed E-state index contributed by atoms with van der Waals surface area (Å²) in [4.78, 5) is 21.7. The number of benzene rings is 2. The van der Waals surface area contributed by atoms with Gasteiger partial charge in [0.15, 0.2) is 11.5 Å². The molecule has 0 unspecified atom stereocenters. The van der Waals surface area contributed by atoms with Crippen LogP contribution in [-0.2, 0) is 6.61 Å². The summed E-state index contributed by atoms with van der Waals surface area (Å²) in [5.74, 6) is 1.60. The van der Waals surface area contributed by atoms with E-state index in [1.807, 2.05) is 0 Å². The highest BCUT2D eigenvalue weighted by Crippen LogP contribution is 2.29.